The maximum atomic E-state index is 12.9. The van der Waals surface area contributed by atoms with Gasteiger partial charge in [-0.2, -0.15) is 4.98 Å². The molecular formula is C25H31N5O4S. The highest BCUT2D eigenvalue weighted by molar-refractivity contribution is 7.99. The van der Waals surface area contributed by atoms with Crippen molar-refractivity contribution in [3.8, 4) is 11.1 Å². The second-order valence-electron chi connectivity index (χ2n) is 7.88. The summed E-state index contributed by atoms with van der Waals surface area (Å²) in [5.74, 6) is 4.51. The van der Waals surface area contributed by atoms with Gasteiger partial charge in [0, 0.05) is 23.5 Å². The number of aryl methyl sites for hydroxylation is 1. The Hall–Kier alpha value is -3.63. The SMILES string of the molecule is C=S(=O)(NC(=O)OCC)c1cccc(Nc2ncc(-c3ccc(CC)cc3)c(N[C@H](C)CO)n2)c1. The summed E-state index contributed by atoms with van der Waals surface area (Å²) >= 11 is 0. The van der Waals surface area contributed by atoms with Crippen LogP contribution >= 0.6 is 0 Å². The molecule has 1 heterocycles. The lowest BCUT2D eigenvalue weighted by atomic mass is 10.0. The molecule has 0 aliphatic heterocycles. The van der Waals surface area contributed by atoms with E-state index in [2.05, 4.69) is 50.3 Å². The minimum Gasteiger partial charge on any atom is -0.449 e. The van der Waals surface area contributed by atoms with E-state index in [0.29, 0.717) is 22.3 Å². The summed E-state index contributed by atoms with van der Waals surface area (Å²) in [5, 5.41) is 15.9. The number of nitrogens with zero attached hydrogens (tertiary/aromatic N) is 2. The predicted molar refractivity (Wildman–Crippen MR) is 140 cm³/mol. The number of aliphatic hydroxyl groups is 1. The lowest BCUT2D eigenvalue weighted by Crippen LogP contribution is -2.31. The van der Waals surface area contributed by atoms with Crippen molar-refractivity contribution < 1.29 is 18.8 Å². The van der Waals surface area contributed by atoms with Crippen LogP contribution in [0.3, 0.4) is 0 Å². The van der Waals surface area contributed by atoms with Gasteiger partial charge in [-0.1, -0.05) is 37.3 Å². The Morgan fingerprint density at radius 2 is 1.94 bits per heavy atom. The molecule has 2 aromatic carbocycles. The van der Waals surface area contributed by atoms with Gasteiger partial charge in [0.1, 0.15) is 5.82 Å². The van der Waals surface area contributed by atoms with E-state index in [1.54, 1.807) is 37.4 Å². The van der Waals surface area contributed by atoms with Gasteiger partial charge in [-0.25, -0.2) is 18.7 Å². The van der Waals surface area contributed by atoms with Gasteiger partial charge in [0.05, 0.1) is 27.8 Å². The molecule has 1 aromatic heterocycles. The number of hydrogen-bond acceptors (Lipinski definition) is 8. The zero-order valence-corrected chi connectivity index (χ0v) is 20.9. The van der Waals surface area contributed by atoms with Crippen LogP contribution in [-0.2, 0) is 20.9 Å². The molecule has 9 nitrogen and oxygen atoms in total. The number of amides is 1. The number of rotatable bonds is 10. The molecule has 3 rings (SSSR count). The Kier molecular flexibility index (Phi) is 8.67. The first-order chi connectivity index (χ1) is 16.7. The number of ether oxygens (including phenoxy) is 1. The summed E-state index contributed by atoms with van der Waals surface area (Å²) < 4.78 is 20.0. The molecule has 0 saturated heterocycles. The molecule has 0 fully saturated rings. The summed E-state index contributed by atoms with van der Waals surface area (Å²) in [6.45, 7) is 5.71. The fourth-order valence-corrected chi connectivity index (χ4v) is 4.29. The Balaban J connectivity index is 1.89. The van der Waals surface area contributed by atoms with Crippen LogP contribution in [0.15, 0.2) is 59.6 Å². The third kappa shape index (κ3) is 6.93. The maximum Gasteiger partial charge on any atom is 0.418 e. The van der Waals surface area contributed by atoms with Crippen molar-refractivity contribution in [1.82, 2.24) is 14.7 Å². The Morgan fingerprint density at radius 1 is 1.20 bits per heavy atom. The highest BCUT2D eigenvalue weighted by Gasteiger charge is 2.15. The van der Waals surface area contributed by atoms with Crippen molar-refractivity contribution in [1.29, 1.82) is 0 Å². The fraction of sp³-hybridized carbons (Fsp3) is 0.280. The first-order valence-corrected chi connectivity index (χ1v) is 13.0. The molecule has 4 N–H and O–H groups in total. The van der Waals surface area contributed by atoms with Crippen LogP contribution in [0.1, 0.15) is 26.3 Å². The van der Waals surface area contributed by atoms with Crippen molar-refractivity contribution in [3.63, 3.8) is 0 Å². The number of anilines is 3. The van der Waals surface area contributed by atoms with E-state index >= 15 is 0 Å². The lowest BCUT2D eigenvalue weighted by molar-refractivity contribution is 0.159. The highest BCUT2D eigenvalue weighted by Crippen LogP contribution is 2.29. The Morgan fingerprint density at radius 3 is 2.60 bits per heavy atom. The van der Waals surface area contributed by atoms with Crippen LogP contribution in [0.5, 0.6) is 0 Å². The molecule has 10 heteroatoms. The number of nitrogens with one attached hydrogen (secondary N) is 3. The first kappa shape index (κ1) is 26.0. The van der Waals surface area contributed by atoms with Crippen molar-refractivity contribution in [2.75, 3.05) is 23.8 Å². The Bertz CT molecular complexity index is 1260. The molecule has 0 bridgehead atoms. The first-order valence-electron chi connectivity index (χ1n) is 11.3. The summed E-state index contributed by atoms with van der Waals surface area (Å²) in [6.07, 6.45) is 1.85. The smallest absolute Gasteiger partial charge is 0.418 e. The molecule has 1 unspecified atom stereocenters. The molecular weight excluding hydrogens is 466 g/mol. The van der Waals surface area contributed by atoms with Crippen LogP contribution in [-0.4, -0.2) is 50.5 Å². The molecule has 1 amide bonds. The zero-order valence-electron chi connectivity index (χ0n) is 20.1. The van der Waals surface area contributed by atoms with Gasteiger partial charge in [0.25, 0.3) is 0 Å². The number of carbonyl (C=O) groups excluding carboxylic acids is 1. The van der Waals surface area contributed by atoms with E-state index in [4.69, 9.17) is 4.74 Å². The maximum absolute atomic E-state index is 12.9. The second kappa shape index (κ2) is 11.7. The average molecular weight is 498 g/mol. The zero-order chi connectivity index (χ0) is 25.4. The molecule has 186 valence electrons. The molecule has 3 aromatic rings. The predicted octanol–water partition coefficient (Wildman–Crippen LogP) is 3.98. The third-order valence-corrected chi connectivity index (χ3v) is 6.63. The van der Waals surface area contributed by atoms with Crippen molar-refractivity contribution in [3.05, 3.63) is 60.3 Å². The number of aliphatic hydroxyl groups excluding tert-OH is 1. The van der Waals surface area contributed by atoms with Crippen LogP contribution < -0.4 is 15.4 Å². The molecule has 35 heavy (non-hydrogen) atoms. The number of carbonyl (C=O) groups is 1. The number of aromatic nitrogens is 2. The quantitative estimate of drug-likeness (QED) is 0.310. The van der Waals surface area contributed by atoms with E-state index in [-0.39, 0.29) is 19.3 Å². The van der Waals surface area contributed by atoms with Gasteiger partial charge in [-0.05, 0) is 55.5 Å². The van der Waals surface area contributed by atoms with E-state index in [1.165, 1.54) is 5.56 Å². The van der Waals surface area contributed by atoms with Crippen LogP contribution in [0.2, 0.25) is 0 Å². The van der Waals surface area contributed by atoms with Crippen LogP contribution in [0.4, 0.5) is 22.2 Å². The van der Waals surface area contributed by atoms with E-state index in [0.717, 1.165) is 17.5 Å². The largest absolute Gasteiger partial charge is 0.449 e. The highest BCUT2D eigenvalue weighted by atomic mass is 32.2. The summed E-state index contributed by atoms with van der Waals surface area (Å²) in [7, 11) is -3.12. The minimum atomic E-state index is -3.12. The summed E-state index contributed by atoms with van der Waals surface area (Å²) in [6, 6.07) is 14.6. The third-order valence-electron chi connectivity index (χ3n) is 5.11. The molecule has 0 aliphatic rings. The molecule has 0 radical (unpaired) electrons. The Labute approximate surface area is 206 Å². The second-order valence-corrected chi connectivity index (χ2v) is 9.91. The van der Waals surface area contributed by atoms with Gasteiger partial charge >= 0.3 is 6.09 Å². The van der Waals surface area contributed by atoms with Gasteiger partial charge in [0.2, 0.25) is 5.95 Å². The number of benzene rings is 2. The number of hydrogen-bond donors (Lipinski definition) is 4. The van der Waals surface area contributed by atoms with Crippen LogP contribution in [0, 0.1) is 0 Å². The van der Waals surface area contributed by atoms with Crippen LogP contribution in [0.25, 0.3) is 11.1 Å². The normalized spacial score (nSPS) is 13.4. The van der Waals surface area contributed by atoms with Gasteiger partial charge in [0.15, 0.2) is 0 Å². The molecule has 0 aliphatic carbocycles. The fourth-order valence-electron chi connectivity index (χ4n) is 3.22. The molecule has 0 saturated carbocycles. The van der Waals surface area contributed by atoms with Gasteiger partial charge in [-0.3, -0.25) is 0 Å². The summed E-state index contributed by atoms with van der Waals surface area (Å²) in [4.78, 5) is 21.1. The lowest BCUT2D eigenvalue weighted by Gasteiger charge is -2.17. The molecule has 2 atom stereocenters. The van der Waals surface area contributed by atoms with Crippen molar-refractivity contribution >= 4 is 39.1 Å². The van der Waals surface area contributed by atoms with E-state index in [9.17, 15) is 14.1 Å². The average Bonchev–Trinajstić information content (AvgIpc) is 2.84. The van der Waals surface area contributed by atoms with Gasteiger partial charge in [-0.15, -0.1) is 0 Å². The van der Waals surface area contributed by atoms with Gasteiger partial charge < -0.3 is 20.5 Å². The topological polar surface area (TPSA) is 125 Å². The van der Waals surface area contributed by atoms with E-state index < -0.39 is 15.8 Å². The molecule has 0 spiro atoms. The van der Waals surface area contributed by atoms with Crippen molar-refractivity contribution in [2.45, 2.75) is 38.1 Å². The minimum absolute atomic E-state index is 0.0612. The summed E-state index contributed by atoms with van der Waals surface area (Å²) in [5.41, 5.74) is 3.54. The standard InChI is InChI=1S/C25H31N5O4S/c1-5-18-10-12-19(13-11-18)22-15-26-24(29-23(22)27-17(3)16-31)28-20-8-7-9-21(14-20)35(4,33)30-25(32)34-6-2/h7-15,17,31H,4-6,16H2,1-3H3,(H,30,32,33)(H2,26,27,28,29)/t17-,35?/m1/s1. The van der Waals surface area contributed by atoms with Crippen molar-refractivity contribution in [2.24, 2.45) is 0 Å². The monoisotopic (exact) mass is 497 g/mol. The van der Waals surface area contributed by atoms with E-state index in [1.807, 2.05) is 19.1 Å².